The van der Waals surface area contributed by atoms with Crippen molar-refractivity contribution >= 4 is 11.6 Å². The average molecular weight is 362 g/mol. The Kier molecular flexibility index (Phi) is 8.54. The van der Waals surface area contributed by atoms with E-state index in [1.165, 1.54) is 46.2 Å². The molecule has 0 saturated heterocycles. The van der Waals surface area contributed by atoms with Gasteiger partial charge in [0.1, 0.15) is 0 Å². The molecule has 144 valence electrons. The number of nitrogens with one attached hydrogen (secondary N) is 1. The van der Waals surface area contributed by atoms with E-state index in [4.69, 9.17) is 0 Å². The van der Waals surface area contributed by atoms with Gasteiger partial charge in [0, 0.05) is 13.1 Å². The van der Waals surface area contributed by atoms with Gasteiger partial charge in [0.2, 0.25) is 0 Å². The molecule has 2 aromatic carbocycles. The van der Waals surface area contributed by atoms with Crippen molar-refractivity contribution in [3.63, 3.8) is 0 Å². The molecule has 0 aromatic heterocycles. The third kappa shape index (κ3) is 6.52. The fourth-order valence-electron chi connectivity index (χ4n) is 3.49. The molecule has 0 amide bonds. The minimum atomic E-state index is 0.890. The highest BCUT2D eigenvalue weighted by atomic mass is 14.8. The first-order chi connectivity index (χ1) is 13.0. The second kappa shape index (κ2) is 10.9. The van der Waals surface area contributed by atoms with Gasteiger partial charge >= 0.3 is 0 Å². The molecule has 0 heterocycles. The van der Waals surface area contributed by atoms with Gasteiger partial charge in [0.15, 0.2) is 0 Å². The summed E-state index contributed by atoms with van der Waals surface area (Å²) in [4.78, 5) is 0. The van der Waals surface area contributed by atoms with Crippen molar-refractivity contribution in [2.24, 2.45) is 0 Å². The molecule has 0 saturated carbocycles. The Balaban J connectivity index is 2.05. The molecule has 0 bridgehead atoms. The normalized spacial score (nSPS) is 11.6. The summed E-state index contributed by atoms with van der Waals surface area (Å²) in [6.45, 7) is 14.8. The largest absolute Gasteiger partial charge is 0.309 e. The summed E-state index contributed by atoms with van der Waals surface area (Å²) in [6.07, 6.45) is 6.95. The summed E-state index contributed by atoms with van der Waals surface area (Å²) in [6, 6.07) is 15.5. The van der Waals surface area contributed by atoms with Gasteiger partial charge < -0.3 is 5.32 Å². The Morgan fingerprint density at radius 3 is 2.52 bits per heavy atom. The van der Waals surface area contributed by atoms with E-state index in [9.17, 15) is 0 Å². The van der Waals surface area contributed by atoms with Crippen molar-refractivity contribution in [3.05, 3.63) is 82.4 Å². The molecule has 0 aliphatic heterocycles. The summed E-state index contributed by atoms with van der Waals surface area (Å²) < 4.78 is 0. The smallest absolute Gasteiger partial charge is 0.0208 e. The van der Waals surface area contributed by atoms with Crippen molar-refractivity contribution in [1.29, 1.82) is 0 Å². The first-order valence-corrected chi connectivity index (χ1v) is 10.3. The average Bonchev–Trinajstić information content (AvgIpc) is 2.65. The maximum Gasteiger partial charge on any atom is 0.0208 e. The first-order valence-electron chi connectivity index (χ1n) is 10.3. The van der Waals surface area contributed by atoms with E-state index in [1.807, 2.05) is 0 Å². The molecule has 0 atom stereocenters. The van der Waals surface area contributed by atoms with Crippen molar-refractivity contribution in [2.75, 3.05) is 6.54 Å². The number of aryl methyl sites for hydroxylation is 2. The van der Waals surface area contributed by atoms with Crippen molar-refractivity contribution in [3.8, 4) is 0 Å². The number of hydrogen-bond donors (Lipinski definition) is 1. The Hall–Kier alpha value is -2.12. The van der Waals surface area contributed by atoms with Crippen LogP contribution in [0.3, 0.4) is 0 Å². The third-order valence-electron chi connectivity index (χ3n) is 4.95. The van der Waals surface area contributed by atoms with Gasteiger partial charge in [0.25, 0.3) is 0 Å². The molecule has 0 aliphatic rings. The summed E-state index contributed by atoms with van der Waals surface area (Å²) in [5, 5.41) is 3.65. The van der Waals surface area contributed by atoms with Crippen LogP contribution in [0.2, 0.25) is 0 Å². The lowest BCUT2D eigenvalue weighted by Crippen LogP contribution is -2.17. The van der Waals surface area contributed by atoms with Crippen LogP contribution in [0, 0.1) is 6.92 Å². The van der Waals surface area contributed by atoms with Gasteiger partial charge in [0.05, 0.1) is 0 Å². The van der Waals surface area contributed by atoms with Gasteiger partial charge in [-0.05, 0) is 60.6 Å². The molecule has 0 aliphatic carbocycles. The zero-order valence-corrected chi connectivity index (χ0v) is 17.6. The van der Waals surface area contributed by atoms with Gasteiger partial charge in [-0.2, -0.15) is 0 Å². The maximum atomic E-state index is 4.17. The Morgan fingerprint density at radius 2 is 1.85 bits per heavy atom. The van der Waals surface area contributed by atoms with E-state index >= 15 is 0 Å². The molecule has 0 spiro atoms. The Bertz CT molecular complexity index is 783. The topological polar surface area (TPSA) is 12.0 Å². The Labute approximate surface area is 166 Å². The lowest BCUT2D eigenvalue weighted by atomic mass is 9.96. The van der Waals surface area contributed by atoms with Crippen LogP contribution in [0.15, 0.2) is 54.6 Å². The lowest BCUT2D eigenvalue weighted by Gasteiger charge is -2.13. The lowest BCUT2D eigenvalue weighted by molar-refractivity contribution is 0.714. The second-order valence-electron chi connectivity index (χ2n) is 7.53. The highest BCUT2D eigenvalue weighted by molar-refractivity contribution is 5.65. The highest BCUT2D eigenvalue weighted by Gasteiger charge is 2.05. The molecule has 1 heteroatoms. The van der Waals surface area contributed by atoms with Gasteiger partial charge in [-0.15, -0.1) is 0 Å². The first kappa shape index (κ1) is 21.2. The quantitative estimate of drug-likeness (QED) is 0.482. The fraction of sp³-hybridized carbons (Fsp3) is 0.385. The van der Waals surface area contributed by atoms with Crippen LogP contribution in [0.1, 0.15) is 67.9 Å². The molecule has 0 unspecified atom stereocenters. The molecule has 2 aromatic rings. The summed E-state index contributed by atoms with van der Waals surface area (Å²) in [7, 11) is 0. The highest BCUT2D eigenvalue weighted by Crippen LogP contribution is 2.21. The van der Waals surface area contributed by atoms with E-state index < -0.39 is 0 Å². The number of allylic oxidation sites excluding steroid dienone is 1. The number of rotatable bonds is 10. The minimum absolute atomic E-state index is 0.890. The molecular weight excluding hydrogens is 326 g/mol. The van der Waals surface area contributed by atoms with Crippen molar-refractivity contribution in [2.45, 2.75) is 59.9 Å². The van der Waals surface area contributed by atoms with Gasteiger partial charge in [-0.3, -0.25) is 0 Å². The molecular formula is C26H35N. The SMILES string of the molecule is C=C(C)c1cc(CNC/C(=C/c2ccccc2C)CCC)ccc1CCC. The zero-order chi connectivity index (χ0) is 19.6. The summed E-state index contributed by atoms with van der Waals surface area (Å²) in [5.74, 6) is 0. The van der Waals surface area contributed by atoms with Crippen LogP contribution in [-0.2, 0) is 13.0 Å². The maximum absolute atomic E-state index is 4.17. The van der Waals surface area contributed by atoms with Crippen LogP contribution in [-0.4, -0.2) is 6.54 Å². The van der Waals surface area contributed by atoms with Crippen LogP contribution in [0.5, 0.6) is 0 Å². The molecule has 1 N–H and O–H groups in total. The second-order valence-corrected chi connectivity index (χ2v) is 7.53. The predicted molar refractivity (Wildman–Crippen MR) is 121 cm³/mol. The summed E-state index contributed by atoms with van der Waals surface area (Å²) >= 11 is 0. The zero-order valence-electron chi connectivity index (χ0n) is 17.6. The van der Waals surface area contributed by atoms with E-state index in [2.05, 4.69) is 88.1 Å². The van der Waals surface area contributed by atoms with Crippen molar-refractivity contribution in [1.82, 2.24) is 5.32 Å². The van der Waals surface area contributed by atoms with E-state index in [-0.39, 0.29) is 0 Å². The van der Waals surface area contributed by atoms with E-state index in [0.717, 1.165) is 31.5 Å². The number of hydrogen-bond acceptors (Lipinski definition) is 1. The molecule has 1 nitrogen and oxygen atoms in total. The number of benzene rings is 2. The van der Waals surface area contributed by atoms with Crippen LogP contribution in [0.25, 0.3) is 11.6 Å². The molecule has 2 rings (SSSR count). The third-order valence-corrected chi connectivity index (χ3v) is 4.95. The Morgan fingerprint density at radius 1 is 1.07 bits per heavy atom. The van der Waals surface area contributed by atoms with E-state index in [0.29, 0.717) is 0 Å². The van der Waals surface area contributed by atoms with Gasteiger partial charge in [-0.1, -0.05) is 86.9 Å². The molecule has 27 heavy (non-hydrogen) atoms. The van der Waals surface area contributed by atoms with Crippen LogP contribution < -0.4 is 5.32 Å². The van der Waals surface area contributed by atoms with E-state index in [1.54, 1.807) is 0 Å². The predicted octanol–water partition coefficient (Wildman–Crippen LogP) is 6.95. The fourth-order valence-corrected chi connectivity index (χ4v) is 3.49. The van der Waals surface area contributed by atoms with Crippen molar-refractivity contribution < 1.29 is 0 Å². The standard InChI is InChI=1S/C26H35N/c1-6-10-22(16-25-13-9-8-12-21(25)5)18-27-19-23-14-15-24(11-7-2)26(17-23)20(3)4/h8-9,12-17,27H,3,6-7,10-11,18-19H2,1-2,4-5H3/b22-16+. The molecule has 0 radical (unpaired) electrons. The summed E-state index contributed by atoms with van der Waals surface area (Å²) in [5.41, 5.74) is 9.36. The minimum Gasteiger partial charge on any atom is -0.309 e. The molecule has 0 fully saturated rings. The van der Waals surface area contributed by atoms with Gasteiger partial charge in [-0.25, -0.2) is 0 Å². The van der Waals surface area contributed by atoms with Crippen LogP contribution >= 0.6 is 0 Å². The monoisotopic (exact) mass is 361 g/mol. The van der Waals surface area contributed by atoms with Crippen LogP contribution in [0.4, 0.5) is 0 Å².